The third kappa shape index (κ3) is 3.65. The van der Waals surface area contributed by atoms with Crippen LogP contribution in [0, 0.1) is 5.92 Å². The molecule has 0 aromatic rings. The Morgan fingerprint density at radius 3 is 2.38 bits per heavy atom. The van der Waals surface area contributed by atoms with Gasteiger partial charge in [0.25, 0.3) is 0 Å². The summed E-state index contributed by atoms with van der Waals surface area (Å²) >= 11 is 0. The predicted molar refractivity (Wildman–Crippen MR) is 55.7 cm³/mol. The molecule has 2 N–H and O–H groups in total. The molecule has 0 spiro atoms. The molecule has 1 unspecified atom stereocenters. The number of aliphatic hydroxyl groups excluding tert-OH is 1. The van der Waals surface area contributed by atoms with Gasteiger partial charge >= 0.3 is 0 Å². The average Bonchev–Trinajstić information content (AvgIpc) is 2.19. The standard InChI is InChI=1S/C11H23NO/c1-8(2)12-10-5-4-9(3)11(13)7-6-10/h8-13H,4-7H2,1-3H3/t9-,10?,11+/m0/s1. The lowest BCUT2D eigenvalue weighted by molar-refractivity contribution is 0.110. The monoisotopic (exact) mass is 185 g/mol. The molecule has 2 nitrogen and oxygen atoms in total. The maximum atomic E-state index is 9.68. The molecule has 0 aromatic carbocycles. The molecule has 0 aromatic heterocycles. The van der Waals surface area contributed by atoms with Crippen LogP contribution in [0.1, 0.15) is 46.5 Å². The lowest BCUT2D eigenvalue weighted by atomic mass is 10.0. The van der Waals surface area contributed by atoms with Crippen LogP contribution in [0.25, 0.3) is 0 Å². The molecule has 3 atom stereocenters. The third-order valence-corrected chi connectivity index (χ3v) is 3.01. The van der Waals surface area contributed by atoms with Crippen molar-refractivity contribution in [1.29, 1.82) is 0 Å². The minimum Gasteiger partial charge on any atom is -0.393 e. The van der Waals surface area contributed by atoms with Crippen LogP contribution in [0.5, 0.6) is 0 Å². The van der Waals surface area contributed by atoms with Crippen LogP contribution < -0.4 is 5.32 Å². The summed E-state index contributed by atoms with van der Waals surface area (Å²) in [5.74, 6) is 0.485. The van der Waals surface area contributed by atoms with Gasteiger partial charge in [-0.15, -0.1) is 0 Å². The summed E-state index contributed by atoms with van der Waals surface area (Å²) in [6.45, 7) is 6.53. The van der Waals surface area contributed by atoms with Gasteiger partial charge in [0.2, 0.25) is 0 Å². The predicted octanol–water partition coefficient (Wildman–Crippen LogP) is 1.92. The molecule has 78 valence electrons. The van der Waals surface area contributed by atoms with Crippen LogP contribution in [-0.2, 0) is 0 Å². The summed E-state index contributed by atoms with van der Waals surface area (Å²) < 4.78 is 0. The molecular formula is C11H23NO. The van der Waals surface area contributed by atoms with Gasteiger partial charge in [0, 0.05) is 12.1 Å². The van der Waals surface area contributed by atoms with Crippen LogP contribution in [-0.4, -0.2) is 23.3 Å². The van der Waals surface area contributed by atoms with E-state index in [-0.39, 0.29) is 6.10 Å². The van der Waals surface area contributed by atoms with E-state index in [0.717, 1.165) is 19.3 Å². The second-order valence-electron chi connectivity index (χ2n) is 4.72. The minimum atomic E-state index is -0.0704. The molecule has 2 heteroatoms. The summed E-state index contributed by atoms with van der Waals surface area (Å²) in [5, 5.41) is 13.2. The summed E-state index contributed by atoms with van der Waals surface area (Å²) in [6, 6.07) is 1.19. The first kappa shape index (κ1) is 11.0. The highest BCUT2D eigenvalue weighted by Gasteiger charge is 2.22. The first-order valence-electron chi connectivity index (χ1n) is 5.53. The molecule has 1 rings (SSSR count). The van der Waals surface area contributed by atoms with E-state index in [0.29, 0.717) is 18.0 Å². The molecule has 1 aliphatic rings. The summed E-state index contributed by atoms with van der Waals surface area (Å²) in [6.07, 6.45) is 4.40. The minimum absolute atomic E-state index is 0.0704. The summed E-state index contributed by atoms with van der Waals surface area (Å²) in [7, 11) is 0. The Morgan fingerprint density at radius 2 is 1.77 bits per heavy atom. The van der Waals surface area contributed by atoms with Gasteiger partial charge in [-0.05, 0) is 31.6 Å². The smallest absolute Gasteiger partial charge is 0.0566 e. The SMILES string of the molecule is CC(C)NC1CC[C@@H](O)[C@@H](C)CC1. The van der Waals surface area contributed by atoms with Crippen molar-refractivity contribution in [3.8, 4) is 0 Å². The lowest BCUT2D eigenvalue weighted by Crippen LogP contribution is -2.34. The van der Waals surface area contributed by atoms with Gasteiger partial charge in [-0.2, -0.15) is 0 Å². The fraction of sp³-hybridized carbons (Fsp3) is 1.00. The quantitative estimate of drug-likeness (QED) is 0.644. The Balaban J connectivity index is 2.35. The Bertz CT molecular complexity index is 135. The molecule has 0 radical (unpaired) electrons. The van der Waals surface area contributed by atoms with Gasteiger partial charge in [-0.25, -0.2) is 0 Å². The van der Waals surface area contributed by atoms with E-state index < -0.39 is 0 Å². The first-order chi connectivity index (χ1) is 6.09. The lowest BCUT2D eigenvalue weighted by Gasteiger charge is -2.18. The van der Waals surface area contributed by atoms with Crippen molar-refractivity contribution >= 4 is 0 Å². The van der Waals surface area contributed by atoms with Crippen molar-refractivity contribution in [3.63, 3.8) is 0 Å². The normalized spacial score (nSPS) is 36.2. The van der Waals surface area contributed by atoms with Crippen LogP contribution >= 0.6 is 0 Å². The highest BCUT2D eigenvalue weighted by Crippen LogP contribution is 2.23. The van der Waals surface area contributed by atoms with E-state index in [4.69, 9.17) is 0 Å². The molecule has 1 aliphatic carbocycles. The summed E-state index contributed by atoms with van der Waals surface area (Å²) in [5.41, 5.74) is 0. The van der Waals surface area contributed by atoms with Crippen molar-refractivity contribution in [2.45, 2.75) is 64.6 Å². The van der Waals surface area contributed by atoms with E-state index in [2.05, 4.69) is 26.1 Å². The number of rotatable bonds is 2. The zero-order valence-corrected chi connectivity index (χ0v) is 9.09. The average molecular weight is 185 g/mol. The molecule has 0 amide bonds. The van der Waals surface area contributed by atoms with Gasteiger partial charge in [-0.3, -0.25) is 0 Å². The van der Waals surface area contributed by atoms with Gasteiger partial charge in [0.05, 0.1) is 6.10 Å². The maximum Gasteiger partial charge on any atom is 0.0566 e. The van der Waals surface area contributed by atoms with Gasteiger partial charge in [0.15, 0.2) is 0 Å². The van der Waals surface area contributed by atoms with Crippen LogP contribution in [0.4, 0.5) is 0 Å². The van der Waals surface area contributed by atoms with Crippen molar-refractivity contribution < 1.29 is 5.11 Å². The molecule has 0 bridgehead atoms. The fourth-order valence-electron chi connectivity index (χ4n) is 2.10. The Kier molecular flexibility index (Phi) is 4.20. The molecule has 1 fully saturated rings. The molecule has 13 heavy (non-hydrogen) atoms. The molecule has 1 saturated carbocycles. The van der Waals surface area contributed by atoms with Gasteiger partial charge < -0.3 is 10.4 Å². The first-order valence-corrected chi connectivity index (χ1v) is 5.53. The van der Waals surface area contributed by atoms with Crippen molar-refractivity contribution in [2.75, 3.05) is 0 Å². The van der Waals surface area contributed by atoms with E-state index in [1.54, 1.807) is 0 Å². The van der Waals surface area contributed by atoms with E-state index in [1.165, 1.54) is 6.42 Å². The van der Waals surface area contributed by atoms with Crippen molar-refractivity contribution in [2.24, 2.45) is 5.92 Å². The Hall–Kier alpha value is -0.0800. The van der Waals surface area contributed by atoms with E-state index in [9.17, 15) is 5.11 Å². The Morgan fingerprint density at radius 1 is 1.15 bits per heavy atom. The molecule has 0 aliphatic heterocycles. The number of hydrogen-bond acceptors (Lipinski definition) is 2. The third-order valence-electron chi connectivity index (χ3n) is 3.01. The second-order valence-corrected chi connectivity index (χ2v) is 4.72. The van der Waals surface area contributed by atoms with Crippen LogP contribution in [0.15, 0.2) is 0 Å². The molecule has 0 saturated heterocycles. The maximum absolute atomic E-state index is 9.68. The zero-order valence-electron chi connectivity index (χ0n) is 9.09. The largest absolute Gasteiger partial charge is 0.393 e. The topological polar surface area (TPSA) is 32.3 Å². The van der Waals surface area contributed by atoms with Gasteiger partial charge in [0.1, 0.15) is 0 Å². The molecule has 0 heterocycles. The number of aliphatic hydroxyl groups is 1. The highest BCUT2D eigenvalue weighted by molar-refractivity contribution is 4.78. The van der Waals surface area contributed by atoms with Crippen LogP contribution in [0.3, 0.4) is 0 Å². The number of nitrogens with one attached hydrogen (secondary N) is 1. The Labute approximate surface area is 81.7 Å². The summed E-state index contributed by atoms with van der Waals surface area (Å²) in [4.78, 5) is 0. The fourth-order valence-corrected chi connectivity index (χ4v) is 2.10. The van der Waals surface area contributed by atoms with Crippen molar-refractivity contribution in [1.82, 2.24) is 5.32 Å². The zero-order chi connectivity index (χ0) is 9.84. The number of hydrogen-bond donors (Lipinski definition) is 2. The van der Waals surface area contributed by atoms with E-state index in [1.807, 2.05) is 0 Å². The second kappa shape index (κ2) is 4.97. The van der Waals surface area contributed by atoms with Crippen LogP contribution in [0.2, 0.25) is 0 Å². The van der Waals surface area contributed by atoms with Gasteiger partial charge in [-0.1, -0.05) is 20.8 Å². The van der Waals surface area contributed by atoms with E-state index >= 15 is 0 Å². The highest BCUT2D eigenvalue weighted by atomic mass is 16.3. The molecular weight excluding hydrogens is 162 g/mol. The van der Waals surface area contributed by atoms with Crippen molar-refractivity contribution in [3.05, 3.63) is 0 Å².